The van der Waals surface area contributed by atoms with Gasteiger partial charge in [0.1, 0.15) is 0 Å². The van der Waals surface area contributed by atoms with E-state index >= 15 is 0 Å². The Morgan fingerprint density at radius 3 is 2.33 bits per heavy atom. The number of thiol groups is 1. The fourth-order valence-corrected chi connectivity index (χ4v) is 5.71. The molecule has 0 unspecified atom stereocenters. The Balaban J connectivity index is 1.73. The summed E-state index contributed by atoms with van der Waals surface area (Å²) in [6, 6.07) is 20.8. The van der Waals surface area contributed by atoms with Gasteiger partial charge in [-0.15, -0.1) is 0 Å². The van der Waals surface area contributed by atoms with Crippen molar-refractivity contribution in [2.75, 3.05) is 6.54 Å². The molecule has 0 spiro atoms. The van der Waals surface area contributed by atoms with E-state index in [1.165, 1.54) is 4.31 Å². The third-order valence-corrected chi connectivity index (χ3v) is 7.17. The van der Waals surface area contributed by atoms with Crippen molar-refractivity contribution in [1.82, 2.24) is 4.31 Å². The molecule has 0 bridgehead atoms. The van der Waals surface area contributed by atoms with Gasteiger partial charge in [-0.25, -0.2) is 8.42 Å². The first-order chi connectivity index (χ1) is 13.0. The average molecular weight is 398 g/mol. The second kappa shape index (κ2) is 7.11. The summed E-state index contributed by atoms with van der Waals surface area (Å²) < 4.78 is 27.9. The van der Waals surface area contributed by atoms with Crippen LogP contribution in [-0.2, 0) is 10.0 Å². The maximum atomic E-state index is 13.3. The fourth-order valence-electron chi connectivity index (χ4n) is 3.55. The van der Waals surface area contributed by atoms with Crippen LogP contribution in [0.5, 0.6) is 0 Å². The topological polar surface area (TPSA) is 54.5 Å². The summed E-state index contributed by atoms with van der Waals surface area (Å²) in [5.74, 6) is -0.184. The Kier molecular flexibility index (Phi) is 4.80. The Morgan fingerprint density at radius 1 is 0.926 bits per heavy atom. The molecule has 4 nitrogen and oxygen atoms in total. The molecule has 0 radical (unpaired) electrons. The summed E-state index contributed by atoms with van der Waals surface area (Å²) in [4.78, 5) is 13.2. The van der Waals surface area contributed by atoms with Crippen LogP contribution in [0.2, 0.25) is 0 Å². The zero-order valence-electron chi connectivity index (χ0n) is 14.5. The molecule has 2 atom stereocenters. The van der Waals surface area contributed by atoms with Gasteiger partial charge in [0.25, 0.3) is 0 Å². The highest BCUT2D eigenvalue weighted by Gasteiger charge is 2.43. The number of hydrogen-bond donors (Lipinski definition) is 1. The lowest BCUT2D eigenvalue weighted by Crippen LogP contribution is -2.40. The third kappa shape index (κ3) is 3.40. The van der Waals surface area contributed by atoms with Crippen LogP contribution in [-0.4, -0.2) is 36.3 Å². The predicted molar refractivity (Wildman–Crippen MR) is 110 cm³/mol. The Labute approximate surface area is 164 Å². The smallest absolute Gasteiger partial charge is 0.243 e. The molecule has 27 heavy (non-hydrogen) atoms. The van der Waals surface area contributed by atoms with E-state index < -0.39 is 16.1 Å². The third-order valence-electron chi connectivity index (χ3n) is 4.92. The molecule has 1 saturated heterocycles. The summed E-state index contributed by atoms with van der Waals surface area (Å²) in [6.45, 7) is 0.224. The molecule has 0 amide bonds. The van der Waals surface area contributed by atoms with Gasteiger partial charge in [0.2, 0.25) is 10.0 Å². The van der Waals surface area contributed by atoms with Gasteiger partial charge >= 0.3 is 0 Å². The number of nitrogens with zero attached hydrogens (tertiary/aromatic N) is 1. The maximum Gasteiger partial charge on any atom is 0.243 e. The summed E-state index contributed by atoms with van der Waals surface area (Å²) in [5.41, 5.74) is 0.517. The lowest BCUT2D eigenvalue weighted by molar-refractivity contribution is 0.0918. The van der Waals surface area contributed by atoms with E-state index in [1.807, 2.05) is 30.3 Å². The normalized spacial score (nSPS) is 20.8. The van der Waals surface area contributed by atoms with Crippen LogP contribution in [0.25, 0.3) is 10.8 Å². The largest absolute Gasteiger partial charge is 0.292 e. The zero-order valence-corrected chi connectivity index (χ0v) is 16.2. The molecule has 0 aromatic heterocycles. The lowest BCUT2D eigenvalue weighted by atomic mass is 10.0. The first-order valence-electron chi connectivity index (χ1n) is 8.75. The molecule has 1 aliphatic rings. The van der Waals surface area contributed by atoms with Crippen molar-refractivity contribution in [3.05, 3.63) is 78.4 Å². The van der Waals surface area contributed by atoms with E-state index in [0.29, 0.717) is 12.0 Å². The highest BCUT2D eigenvalue weighted by Crippen LogP contribution is 2.31. The number of ketones is 1. The maximum absolute atomic E-state index is 13.3. The Hall–Kier alpha value is -2.15. The second-order valence-corrected chi connectivity index (χ2v) is 9.34. The standard InChI is InChI=1S/C21H19NO3S2/c23-21(16-7-2-1-3-8-16)20-13-18(26)14-22(20)27(24,25)19-11-10-15-6-4-5-9-17(15)12-19/h1-12,18,20,26H,13-14H2/t18-,20+/m1/s1. The molecule has 1 heterocycles. The van der Waals surface area contributed by atoms with E-state index in [9.17, 15) is 13.2 Å². The number of carbonyl (C=O) groups is 1. The molecule has 4 rings (SSSR count). The number of Topliss-reactive ketones (excluding diaryl/α,β-unsaturated/α-hetero) is 1. The van der Waals surface area contributed by atoms with Crippen molar-refractivity contribution >= 4 is 39.2 Å². The Bertz CT molecular complexity index is 1100. The van der Waals surface area contributed by atoms with Crippen LogP contribution >= 0.6 is 12.6 Å². The number of fused-ring (bicyclic) bond motifs is 1. The van der Waals surface area contributed by atoms with Crippen molar-refractivity contribution in [3.8, 4) is 0 Å². The van der Waals surface area contributed by atoms with Crippen LogP contribution in [0, 0.1) is 0 Å². The predicted octanol–water partition coefficient (Wildman–Crippen LogP) is 3.78. The molecule has 1 fully saturated rings. The molecular weight excluding hydrogens is 378 g/mol. The number of carbonyl (C=O) groups excluding carboxylic acids is 1. The van der Waals surface area contributed by atoms with Crippen LogP contribution in [0.15, 0.2) is 77.7 Å². The van der Waals surface area contributed by atoms with Crippen molar-refractivity contribution in [2.24, 2.45) is 0 Å². The zero-order chi connectivity index (χ0) is 19.0. The van der Waals surface area contributed by atoms with Gasteiger partial charge in [0, 0.05) is 17.4 Å². The highest BCUT2D eigenvalue weighted by molar-refractivity contribution is 7.89. The monoisotopic (exact) mass is 397 g/mol. The minimum absolute atomic E-state index is 0.169. The quantitative estimate of drug-likeness (QED) is 0.538. The van der Waals surface area contributed by atoms with Gasteiger partial charge in [-0.3, -0.25) is 4.79 Å². The van der Waals surface area contributed by atoms with E-state index in [-0.39, 0.29) is 22.5 Å². The van der Waals surface area contributed by atoms with Crippen molar-refractivity contribution in [3.63, 3.8) is 0 Å². The van der Waals surface area contributed by atoms with Crippen molar-refractivity contribution in [1.29, 1.82) is 0 Å². The molecule has 0 saturated carbocycles. The number of rotatable bonds is 4. The van der Waals surface area contributed by atoms with E-state index in [2.05, 4.69) is 12.6 Å². The van der Waals surface area contributed by atoms with Gasteiger partial charge in [-0.05, 0) is 29.3 Å². The first-order valence-corrected chi connectivity index (χ1v) is 10.7. The van der Waals surface area contributed by atoms with E-state index in [0.717, 1.165) is 10.8 Å². The minimum atomic E-state index is -3.80. The summed E-state index contributed by atoms with van der Waals surface area (Å²) in [6.07, 6.45) is 0.406. The number of sulfonamides is 1. The number of benzene rings is 3. The van der Waals surface area contributed by atoms with Gasteiger partial charge < -0.3 is 0 Å². The van der Waals surface area contributed by atoms with Crippen molar-refractivity contribution < 1.29 is 13.2 Å². The average Bonchev–Trinajstić information content (AvgIpc) is 3.10. The van der Waals surface area contributed by atoms with E-state index in [1.54, 1.807) is 42.5 Å². The number of hydrogen-bond acceptors (Lipinski definition) is 4. The lowest BCUT2D eigenvalue weighted by Gasteiger charge is -2.23. The molecule has 1 aliphatic heterocycles. The molecule has 0 N–H and O–H groups in total. The van der Waals surface area contributed by atoms with Gasteiger partial charge in [0.05, 0.1) is 10.9 Å². The molecule has 3 aromatic rings. The van der Waals surface area contributed by atoms with E-state index in [4.69, 9.17) is 0 Å². The molecule has 138 valence electrons. The van der Waals surface area contributed by atoms with Crippen LogP contribution in [0.4, 0.5) is 0 Å². The van der Waals surface area contributed by atoms with Crippen LogP contribution in [0.1, 0.15) is 16.8 Å². The van der Waals surface area contributed by atoms with Crippen LogP contribution < -0.4 is 0 Å². The van der Waals surface area contributed by atoms with Gasteiger partial charge in [-0.2, -0.15) is 16.9 Å². The van der Waals surface area contributed by atoms with Gasteiger partial charge in [-0.1, -0.05) is 60.7 Å². The SMILES string of the molecule is O=C(c1ccccc1)[C@@H]1C[C@@H](S)CN1S(=O)(=O)c1ccc2ccccc2c1. The molecule has 3 aromatic carbocycles. The summed E-state index contributed by atoms with van der Waals surface area (Å²) in [7, 11) is -3.80. The second-order valence-electron chi connectivity index (χ2n) is 6.72. The fraction of sp³-hybridized carbons (Fsp3) is 0.190. The summed E-state index contributed by atoms with van der Waals surface area (Å²) in [5, 5.41) is 1.66. The first kappa shape index (κ1) is 18.2. The Morgan fingerprint density at radius 2 is 1.59 bits per heavy atom. The van der Waals surface area contributed by atoms with Crippen LogP contribution in [0.3, 0.4) is 0 Å². The van der Waals surface area contributed by atoms with Gasteiger partial charge in [0.15, 0.2) is 5.78 Å². The highest BCUT2D eigenvalue weighted by atomic mass is 32.2. The minimum Gasteiger partial charge on any atom is -0.292 e. The molecule has 0 aliphatic carbocycles. The molecular formula is C21H19NO3S2. The molecule has 6 heteroatoms. The van der Waals surface area contributed by atoms with Crippen molar-refractivity contribution in [2.45, 2.75) is 22.6 Å². The summed E-state index contributed by atoms with van der Waals surface area (Å²) >= 11 is 4.46.